The van der Waals surface area contributed by atoms with Gasteiger partial charge in [0.25, 0.3) is 0 Å². The molecule has 1 fully saturated rings. The number of rotatable bonds is 4. The van der Waals surface area contributed by atoms with E-state index in [-0.39, 0.29) is 6.10 Å². The van der Waals surface area contributed by atoms with Gasteiger partial charge in [0.15, 0.2) is 0 Å². The minimum Gasteiger partial charge on any atom is -0.387 e. The molecule has 2 heteroatoms. The third-order valence-electron chi connectivity index (χ3n) is 3.99. The number of nitrogens with one attached hydrogen (secondary N) is 1. The summed E-state index contributed by atoms with van der Waals surface area (Å²) in [7, 11) is 0. The smallest absolute Gasteiger partial charge is 0.0917 e. The van der Waals surface area contributed by atoms with E-state index >= 15 is 0 Å². The van der Waals surface area contributed by atoms with E-state index < -0.39 is 0 Å². The van der Waals surface area contributed by atoms with Gasteiger partial charge in [0.1, 0.15) is 0 Å². The topological polar surface area (TPSA) is 32.3 Å². The summed E-state index contributed by atoms with van der Waals surface area (Å²) in [6, 6.07) is 6.88. The summed E-state index contributed by atoms with van der Waals surface area (Å²) in [6.45, 7) is 4.84. The van der Waals surface area contributed by atoms with E-state index in [4.69, 9.17) is 0 Å². The Kier molecular flexibility index (Phi) is 4.79. The van der Waals surface area contributed by atoms with Crippen molar-refractivity contribution in [3.63, 3.8) is 0 Å². The van der Waals surface area contributed by atoms with Crippen LogP contribution in [-0.4, -0.2) is 17.7 Å². The van der Waals surface area contributed by atoms with E-state index in [1.54, 1.807) is 0 Å². The van der Waals surface area contributed by atoms with E-state index in [2.05, 4.69) is 37.4 Å². The Bertz CT molecular complexity index is 383. The highest BCUT2D eigenvalue weighted by atomic mass is 16.3. The second kappa shape index (κ2) is 6.35. The van der Waals surface area contributed by atoms with Crippen LogP contribution in [0.2, 0.25) is 0 Å². The molecule has 2 nitrogen and oxygen atoms in total. The number of aryl methyl sites for hydroxylation is 2. The van der Waals surface area contributed by atoms with Gasteiger partial charge in [-0.05, 0) is 37.8 Å². The molecule has 1 aromatic carbocycles. The second-order valence-corrected chi connectivity index (χ2v) is 5.62. The quantitative estimate of drug-likeness (QED) is 0.856. The van der Waals surface area contributed by atoms with Gasteiger partial charge < -0.3 is 10.4 Å². The van der Waals surface area contributed by atoms with Crippen LogP contribution in [0.1, 0.15) is 54.9 Å². The maximum atomic E-state index is 10.3. The zero-order valence-electron chi connectivity index (χ0n) is 11.6. The summed E-state index contributed by atoms with van der Waals surface area (Å²) >= 11 is 0. The molecular weight excluding hydrogens is 222 g/mol. The van der Waals surface area contributed by atoms with Gasteiger partial charge in [0, 0.05) is 12.6 Å². The predicted molar refractivity (Wildman–Crippen MR) is 75.8 cm³/mol. The van der Waals surface area contributed by atoms with Crippen LogP contribution in [0, 0.1) is 13.8 Å². The molecule has 2 N–H and O–H groups in total. The van der Waals surface area contributed by atoms with E-state index in [0.717, 1.165) is 5.56 Å². The Morgan fingerprint density at radius 1 is 1.22 bits per heavy atom. The fourth-order valence-electron chi connectivity index (χ4n) is 2.89. The maximum absolute atomic E-state index is 10.3. The molecule has 1 aromatic rings. The fourth-order valence-corrected chi connectivity index (χ4v) is 2.89. The molecule has 2 rings (SSSR count). The first-order valence-electron chi connectivity index (χ1n) is 7.15. The average Bonchev–Trinajstić information content (AvgIpc) is 2.37. The first-order valence-corrected chi connectivity index (χ1v) is 7.15. The Hall–Kier alpha value is -0.860. The van der Waals surface area contributed by atoms with Crippen LogP contribution in [0.4, 0.5) is 0 Å². The molecule has 1 aliphatic rings. The molecule has 0 amide bonds. The lowest BCUT2D eigenvalue weighted by Crippen LogP contribution is -2.34. The molecule has 1 atom stereocenters. The lowest BCUT2D eigenvalue weighted by Gasteiger charge is -2.24. The van der Waals surface area contributed by atoms with E-state index in [9.17, 15) is 5.11 Å². The normalized spacial score (nSPS) is 18.8. The van der Waals surface area contributed by atoms with Crippen molar-refractivity contribution in [3.8, 4) is 0 Å². The number of hydrogen-bond donors (Lipinski definition) is 2. The zero-order chi connectivity index (χ0) is 13.0. The maximum Gasteiger partial charge on any atom is 0.0917 e. The molecule has 0 spiro atoms. The standard InChI is InChI=1S/C16H25NO/c1-12-8-9-15(13(2)10-12)16(18)11-17-14-6-4-3-5-7-14/h8-10,14,16-18H,3-7,11H2,1-2H3. The Morgan fingerprint density at radius 2 is 1.94 bits per heavy atom. The van der Waals surface area contributed by atoms with Crippen molar-refractivity contribution < 1.29 is 5.11 Å². The van der Waals surface area contributed by atoms with Crippen molar-refractivity contribution in [1.29, 1.82) is 0 Å². The molecule has 0 aliphatic heterocycles. The van der Waals surface area contributed by atoms with Crippen LogP contribution in [-0.2, 0) is 0 Å². The summed E-state index contributed by atoms with van der Waals surface area (Å²) < 4.78 is 0. The van der Waals surface area contributed by atoms with Crippen LogP contribution in [0.15, 0.2) is 18.2 Å². The molecule has 0 bridgehead atoms. The van der Waals surface area contributed by atoms with Gasteiger partial charge in [0.2, 0.25) is 0 Å². The second-order valence-electron chi connectivity index (χ2n) is 5.62. The van der Waals surface area contributed by atoms with Crippen molar-refractivity contribution >= 4 is 0 Å². The highest BCUT2D eigenvalue weighted by Crippen LogP contribution is 2.21. The summed E-state index contributed by atoms with van der Waals surface area (Å²) in [4.78, 5) is 0. The largest absolute Gasteiger partial charge is 0.387 e. The molecule has 0 saturated heterocycles. The third kappa shape index (κ3) is 3.56. The van der Waals surface area contributed by atoms with Crippen molar-refractivity contribution in [2.24, 2.45) is 0 Å². The van der Waals surface area contributed by atoms with Gasteiger partial charge in [-0.25, -0.2) is 0 Å². The molecule has 0 aromatic heterocycles. The van der Waals surface area contributed by atoms with Gasteiger partial charge in [-0.1, -0.05) is 43.0 Å². The number of aliphatic hydroxyl groups is 1. The molecule has 1 saturated carbocycles. The fraction of sp³-hybridized carbons (Fsp3) is 0.625. The van der Waals surface area contributed by atoms with Gasteiger partial charge in [-0.2, -0.15) is 0 Å². The van der Waals surface area contributed by atoms with Crippen molar-refractivity contribution in [2.45, 2.75) is 58.1 Å². The SMILES string of the molecule is Cc1ccc(C(O)CNC2CCCCC2)c(C)c1. The molecule has 1 unspecified atom stereocenters. The molecule has 1 aliphatic carbocycles. The number of hydrogen-bond acceptors (Lipinski definition) is 2. The molecule has 18 heavy (non-hydrogen) atoms. The lowest BCUT2D eigenvalue weighted by molar-refractivity contribution is 0.165. The minimum absolute atomic E-state index is 0.382. The van der Waals surface area contributed by atoms with Gasteiger partial charge >= 0.3 is 0 Å². The van der Waals surface area contributed by atoms with Gasteiger partial charge in [-0.3, -0.25) is 0 Å². The average molecular weight is 247 g/mol. The molecule has 0 heterocycles. The minimum atomic E-state index is -0.382. The summed E-state index contributed by atoms with van der Waals surface area (Å²) in [5, 5.41) is 13.8. The number of aliphatic hydroxyl groups excluding tert-OH is 1. The molecule has 0 radical (unpaired) electrons. The highest BCUT2D eigenvalue weighted by molar-refractivity contribution is 5.32. The van der Waals surface area contributed by atoms with Crippen LogP contribution in [0.3, 0.4) is 0 Å². The van der Waals surface area contributed by atoms with Crippen LogP contribution < -0.4 is 5.32 Å². The van der Waals surface area contributed by atoms with E-state index in [1.807, 2.05) is 0 Å². The van der Waals surface area contributed by atoms with Crippen molar-refractivity contribution in [2.75, 3.05) is 6.54 Å². The predicted octanol–water partition coefficient (Wildman–Crippen LogP) is 3.26. The first-order chi connectivity index (χ1) is 8.66. The van der Waals surface area contributed by atoms with E-state index in [0.29, 0.717) is 12.6 Å². The van der Waals surface area contributed by atoms with Crippen LogP contribution in [0.5, 0.6) is 0 Å². The Balaban J connectivity index is 1.88. The summed E-state index contributed by atoms with van der Waals surface area (Å²) in [5.74, 6) is 0. The molecule has 100 valence electrons. The van der Waals surface area contributed by atoms with E-state index in [1.165, 1.54) is 43.2 Å². The zero-order valence-corrected chi connectivity index (χ0v) is 11.6. The monoisotopic (exact) mass is 247 g/mol. The summed E-state index contributed by atoms with van der Waals surface area (Å²) in [6.07, 6.45) is 6.18. The van der Waals surface area contributed by atoms with Gasteiger partial charge in [-0.15, -0.1) is 0 Å². The van der Waals surface area contributed by atoms with Crippen molar-refractivity contribution in [1.82, 2.24) is 5.32 Å². The lowest BCUT2D eigenvalue weighted by atomic mass is 9.95. The van der Waals surface area contributed by atoms with Crippen LogP contribution >= 0.6 is 0 Å². The highest BCUT2D eigenvalue weighted by Gasteiger charge is 2.16. The van der Waals surface area contributed by atoms with Crippen molar-refractivity contribution in [3.05, 3.63) is 34.9 Å². The Labute approximate surface area is 110 Å². The Morgan fingerprint density at radius 3 is 2.61 bits per heavy atom. The third-order valence-corrected chi connectivity index (χ3v) is 3.99. The summed E-state index contributed by atoms with van der Waals surface area (Å²) in [5.41, 5.74) is 3.50. The first kappa shape index (κ1) is 13.6. The van der Waals surface area contributed by atoms with Crippen LogP contribution in [0.25, 0.3) is 0 Å². The van der Waals surface area contributed by atoms with Gasteiger partial charge in [0.05, 0.1) is 6.10 Å². The number of benzene rings is 1. The molecular formula is C16H25NO.